The zero-order chi connectivity index (χ0) is 16.2. The summed E-state index contributed by atoms with van der Waals surface area (Å²) in [6.45, 7) is 1.92. The number of halogens is 1. The number of nitrogens with zero attached hydrogens (tertiary/aromatic N) is 2. The van der Waals surface area contributed by atoms with Crippen LogP contribution in [0.25, 0.3) is 10.9 Å². The van der Waals surface area contributed by atoms with Gasteiger partial charge in [0.25, 0.3) is 0 Å². The molecular formula is C17H14ClN3OS. The number of anilines is 1. The smallest absolute Gasteiger partial charge is 0.234 e. The van der Waals surface area contributed by atoms with E-state index in [2.05, 4.69) is 15.3 Å². The van der Waals surface area contributed by atoms with E-state index >= 15 is 0 Å². The van der Waals surface area contributed by atoms with Crippen LogP contribution in [0, 0.1) is 6.92 Å². The maximum absolute atomic E-state index is 12.1. The molecule has 1 heterocycles. The van der Waals surface area contributed by atoms with Crippen LogP contribution in [0.3, 0.4) is 0 Å². The number of carbonyl (C=O) groups excluding carboxylic acids is 1. The lowest BCUT2D eigenvalue weighted by molar-refractivity contribution is -0.113. The van der Waals surface area contributed by atoms with Gasteiger partial charge in [-0.3, -0.25) is 4.79 Å². The molecule has 0 aliphatic heterocycles. The SMILES string of the molecule is Cc1ccc(NC(=O)CSc2ncnc3ccccc23)cc1Cl. The zero-order valence-electron chi connectivity index (χ0n) is 12.4. The number of aryl methyl sites for hydroxylation is 1. The summed E-state index contributed by atoms with van der Waals surface area (Å²) in [7, 11) is 0. The summed E-state index contributed by atoms with van der Waals surface area (Å²) in [6.07, 6.45) is 1.52. The summed E-state index contributed by atoms with van der Waals surface area (Å²) < 4.78 is 0. The Bertz CT molecular complexity index is 864. The van der Waals surface area contributed by atoms with Crippen LogP contribution in [0.1, 0.15) is 5.56 Å². The van der Waals surface area contributed by atoms with E-state index in [0.29, 0.717) is 10.7 Å². The molecule has 0 atom stereocenters. The van der Waals surface area contributed by atoms with Crippen LogP contribution < -0.4 is 5.32 Å². The maximum Gasteiger partial charge on any atom is 0.234 e. The Hall–Kier alpha value is -2.11. The number of para-hydroxylation sites is 1. The number of aromatic nitrogens is 2. The fourth-order valence-corrected chi connectivity index (χ4v) is 3.07. The third-order valence-corrected chi connectivity index (χ3v) is 4.71. The molecule has 1 amide bonds. The molecule has 0 saturated heterocycles. The molecule has 1 aromatic heterocycles. The van der Waals surface area contributed by atoms with E-state index in [1.165, 1.54) is 18.1 Å². The van der Waals surface area contributed by atoms with Crippen molar-refractivity contribution in [2.24, 2.45) is 0 Å². The predicted molar refractivity (Wildman–Crippen MR) is 95.1 cm³/mol. The molecular weight excluding hydrogens is 330 g/mol. The van der Waals surface area contributed by atoms with Crippen molar-refractivity contribution in [3.63, 3.8) is 0 Å². The van der Waals surface area contributed by atoms with Gasteiger partial charge in [-0.1, -0.05) is 47.6 Å². The van der Waals surface area contributed by atoms with Crippen LogP contribution in [0.4, 0.5) is 5.69 Å². The minimum Gasteiger partial charge on any atom is -0.325 e. The van der Waals surface area contributed by atoms with E-state index in [1.54, 1.807) is 6.07 Å². The highest BCUT2D eigenvalue weighted by Crippen LogP contribution is 2.25. The first-order valence-corrected chi connectivity index (χ1v) is 8.38. The van der Waals surface area contributed by atoms with Crippen molar-refractivity contribution in [1.29, 1.82) is 0 Å². The quantitative estimate of drug-likeness (QED) is 0.566. The topological polar surface area (TPSA) is 54.9 Å². The molecule has 4 nitrogen and oxygen atoms in total. The molecule has 3 aromatic rings. The van der Waals surface area contributed by atoms with E-state index in [9.17, 15) is 4.79 Å². The first-order valence-electron chi connectivity index (χ1n) is 7.02. The molecule has 23 heavy (non-hydrogen) atoms. The van der Waals surface area contributed by atoms with Crippen LogP contribution in [0.15, 0.2) is 53.8 Å². The Kier molecular flexibility index (Phi) is 4.79. The molecule has 0 unspecified atom stereocenters. The van der Waals surface area contributed by atoms with Gasteiger partial charge in [0.1, 0.15) is 11.4 Å². The Morgan fingerprint density at radius 3 is 2.87 bits per heavy atom. The molecule has 0 aliphatic carbocycles. The van der Waals surface area contributed by atoms with Crippen LogP contribution in [0.5, 0.6) is 0 Å². The Morgan fingerprint density at radius 2 is 2.04 bits per heavy atom. The van der Waals surface area contributed by atoms with Crippen LogP contribution in [0.2, 0.25) is 5.02 Å². The molecule has 0 spiro atoms. The molecule has 0 saturated carbocycles. The monoisotopic (exact) mass is 343 g/mol. The number of carbonyl (C=O) groups is 1. The Balaban J connectivity index is 1.67. The van der Waals surface area contributed by atoms with Crippen molar-refractivity contribution in [2.75, 3.05) is 11.1 Å². The number of benzene rings is 2. The van der Waals surface area contributed by atoms with Gasteiger partial charge in [-0.05, 0) is 30.7 Å². The fraction of sp³-hybridized carbons (Fsp3) is 0.118. The number of thioether (sulfide) groups is 1. The number of amides is 1. The van der Waals surface area contributed by atoms with Crippen molar-refractivity contribution in [1.82, 2.24) is 9.97 Å². The molecule has 1 N–H and O–H groups in total. The summed E-state index contributed by atoms with van der Waals surface area (Å²) in [5.74, 6) is 0.171. The summed E-state index contributed by atoms with van der Waals surface area (Å²) in [5.41, 5.74) is 2.54. The molecule has 116 valence electrons. The molecule has 2 aromatic carbocycles. The average Bonchev–Trinajstić information content (AvgIpc) is 2.56. The van der Waals surface area contributed by atoms with Crippen molar-refractivity contribution in [2.45, 2.75) is 11.9 Å². The third-order valence-electron chi connectivity index (χ3n) is 3.30. The van der Waals surface area contributed by atoms with E-state index in [1.807, 2.05) is 43.3 Å². The fourth-order valence-electron chi connectivity index (χ4n) is 2.10. The number of rotatable bonds is 4. The second kappa shape index (κ2) is 6.98. The zero-order valence-corrected chi connectivity index (χ0v) is 14.0. The summed E-state index contributed by atoms with van der Waals surface area (Å²) in [6, 6.07) is 13.2. The molecule has 6 heteroatoms. The van der Waals surface area contributed by atoms with Gasteiger partial charge in [-0.25, -0.2) is 9.97 Å². The normalized spacial score (nSPS) is 10.7. The summed E-state index contributed by atoms with van der Waals surface area (Å²) >= 11 is 7.45. The van der Waals surface area contributed by atoms with E-state index < -0.39 is 0 Å². The Morgan fingerprint density at radius 1 is 1.22 bits per heavy atom. The molecule has 0 aliphatic rings. The van der Waals surface area contributed by atoms with Gasteiger partial charge in [-0.15, -0.1) is 0 Å². The summed E-state index contributed by atoms with van der Waals surface area (Å²) in [5, 5.41) is 5.23. The number of nitrogens with one attached hydrogen (secondary N) is 1. The second-order valence-corrected chi connectivity index (χ2v) is 6.37. The van der Waals surface area contributed by atoms with Crippen molar-refractivity contribution in [3.8, 4) is 0 Å². The Labute approximate surface area is 143 Å². The van der Waals surface area contributed by atoms with Gasteiger partial charge in [0.15, 0.2) is 0 Å². The minimum atomic E-state index is -0.0994. The van der Waals surface area contributed by atoms with E-state index in [-0.39, 0.29) is 11.7 Å². The standard InChI is InChI=1S/C17H14ClN3OS/c1-11-6-7-12(8-14(11)18)21-16(22)9-23-17-13-4-2-3-5-15(13)19-10-20-17/h2-8,10H,9H2,1H3,(H,21,22). The summed E-state index contributed by atoms with van der Waals surface area (Å²) in [4.78, 5) is 20.6. The second-order valence-electron chi connectivity index (χ2n) is 5.00. The molecule has 0 fully saturated rings. The highest BCUT2D eigenvalue weighted by atomic mass is 35.5. The molecule has 0 bridgehead atoms. The van der Waals surface area contributed by atoms with Crippen LogP contribution in [-0.2, 0) is 4.79 Å². The lowest BCUT2D eigenvalue weighted by Crippen LogP contribution is -2.14. The van der Waals surface area contributed by atoms with E-state index in [0.717, 1.165) is 21.5 Å². The molecule has 3 rings (SSSR count). The first-order chi connectivity index (χ1) is 11.1. The molecule has 0 radical (unpaired) electrons. The van der Waals surface area contributed by atoms with Gasteiger partial charge in [0.05, 0.1) is 11.3 Å². The minimum absolute atomic E-state index is 0.0994. The highest BCUT2D eigenvalue weighted by molar-refractivity contribution is 8.00. The van der Waals surface area contributed by atoms with Gasteiger partial charge in [0.2, 0.25) is 5.91 Å². The van der Waals surface area contributed by atoms with Crippen LogP contribution in [-0.4, -0.2) is 21.6 Å². The van der Waals surface area contributed by atoms with Crippen molar-refractivity contribution < 1.29 is 4.79 Å². The van der Waals surface area contributed by atoms with Crippen molar-refractivity contribution in [3.05, 3.63) is 59.4 Å². The largest absolute Gasteiger partial charge is 0.325 e. The predicted octanol–water partition coefficient (Wildman–Crippen LogP) is 4.32. The average molecular weight is 344 g/mol. The first kappa shape index (κ1) is 15.8. The van der Waals surface area contributed by atoms with Gasteiger partial charge in [-0.2, -0.15) is 0 Å². The lowest BCUT2D eigenvalue weighted by atomic mass is 10.2. The number of hydrogen-bond donors (Lipinski definition) is 1. The lowest BCUT2D eigenvalue weighted by Gasteiger charge is -2.07. The van der Waals surface area contributed by atoms with Gasteiger partial charge in [0, 0.05) is 16.1 Å². The number of fused-ring (bicyclic) bond motifs is 1. The van der Waals surface area contributed by atoms with E-state index in [4.69, 9.17) is 11.6 Å². The van der Waals surface area contributed by atoms with Crippen LogP contribution >= 0.6 is 23.4 Å². The third kappa shape index (κ3) is 3.81. The van der Waals surface area contributed by atoms with Gasteiger partial charge < -0.3 is 5.32 Å². The highest BCUT2D eigenvalue weighted by Gasteiger charge is 2.08. The maximum atomic E-state index is 12.1. The number of hydrogen-bond acceptors (Lipinski definition) is 4. The van der Waals surface area contributed by atoms with Gasteiger partial charge >= 0.3 is 0 Å². The van der Waals surface area contributed by atoms with Crippen molar-refractivity contribution >= 4 is 45.9 Å².